The minimum Gasteiger partial charge on any atom is -0.367 e. The Morgan fingerprint density at radius 1 is 1.35 bits per heavy atom. The molecular weight excluding hydrogens is 395 g/mol. The van der Waals surface area contributed by atoms with Crippen molar-refractivity contribution in [3.8, 4) is 17.3 Å². The number of carbonyl (C=O) groups is 1. The molecule has 1 saturated heterocycles. The molecule has 160 valence electrons. The molecule has 0 aliphatic carbocycles. The predicted octanol–water partition coefficient (Wildman–Crippen LogP) is 2.91. The zero-order valence-corrected chi connectivity index (χ0v) is 17.4. The van der Waals surface area contributed by atoms with Crippen LogP contribution in [0.1, 0.15) is 12.0 Å². The minimum atomic E-state index is -0.836. The standard InChI is InChI=1S/C24H25FN4O2/c1-29-21-6-3-2-5-17(21)13-22(29)18-8-7-16(20(25)12-18)11-19(14-26)28-24(30)23-15-27-9-4-10-31-23/h2-3,5-8,12-13,19,23,27H,4,9-11,15H2,1H3,(H,28,30). The lowest BCUT2D eigenvalue weighted by atomic mass is 10.0. The quantitative estimate of drug-likeness (QED) is 0.665. The van der Waals surface area contributed by atoms with Crippen LogP contribution in [-0.2, 0) is 23.0 Å². The van der Waals surface area contributed by atoms with E-state index in [2.05, 4.69) is 16.7 Å². The van der Waals surface area contributed by atoms with Gasteiger partial charge in [0.2, 0.25) is 0 Å². The van der Waals surface area contributed by atoms with Crippen molar-refractivity contribution in [1.82, 2.24) is 15.2 Å². The second-order valence-corrected chi connectivity index (χ2v) is 7.77. The van der Waals surface area contributed by atoms with Gasteiger partial charge in [-0.3, -0.25) is 4.79 Å². The Labute approximate surface area is 180 Å². The van der Waals surface area contributed by atoms with Gasteiger partial charge >= 0.3 is 0 Å². The SMILES string of the molecule is Cn1c(-c2ccc(CC(C#N)NC(=O)C3CNCCCO3)c(F)c2)cc2ccccc21. The Kier molecular flexibility index (Phi) is 6.31. The molecule has 2 aromatic carbocycles. The van der Waals surface area contributed by atoms with Gasteiger partial charge in [0, 0.05) is 48.8 Å². The third-order valence-corrected chi connectivity index (χ3v) is 5.64. The van der Waals surface area contributed by atoms with Gasteiger partial charge in [-0.1, -0.05) is 30.3 Å². The molecule has 6 nitrogen and oxygen atoms in total. The van der Waals surface area contributed by atoms with E-state index in [-0.39, 0.29) is 12.3 Å². The van der Waals surface area contributed by atoms with E-state index in [0.29, 0.717) is 18.7 Å². The van der Waals surface area contributed by atoms with Crippen molar-refractivity contribution in [3.05, 3.63) is 59.9 Å². The van der Waals surface area contributed by atoms with E-state index in [1.54, 1.807) is 6.07 Å². The number of carbonyl (C=O) groups excluding carboxylic acids is 1. The predicted molar refractivity (Wildman–Crippen MR) is 117 cm³/mol. The van der Waals surface area contributed by atoms with E-state index in [0.717, 1.165) is 35.1 Å². The fourth-order valence-corrected chi connectivity index (χ4v) is 3.93. The molecule has 7 heteroatoms. The molecule has 2 unspecified atom stereocenters. The average molecular weight is 420 g/mol. The lowest BCUT2D eigenvalue weighted by molar-refractivity contribution is -0.132. The fraction of sp³-hybridized carbons (Fsp3) is 0.333. The van der Waals surface area contributed by atoms with Gasteiger partial charge in [0.05, 0.1) is 6.07 Å². The van der Waals surface area contributed by atoms with Crippen LogP contribution in [0, 0.1) is 17.1 Å². The summed E-state index contributed by atoms with van der Waals surface area (Å²) in [5, 5.41) is 16.4. The number of nitriles is 1. The summed E-state index contributed by atoms with van der Waals surface area (Å²) in [4.78, 5) is 12.4. The molecule has 1 fully saturated rings. The van der Waals surface area contributed by atoms with Crippen molar-refractivity contribution in [2.24, 2.45) is 7.05 Å². The van der Waals surface area contributed by atoms with Crippen molar-refractivity contribution in [2.45, 2.75) is 25.0 Å². The minimum absolute atomic E-state index is 0.0869. The first-order valence-corrected chi connectivity index (χ1v) is 10.4. The van der Waals surface area contributed by atoms with Gasteiger partial charge in [-0.25, -0.2) is 4.39 Å². The summed E-state index contributed by atoms with van der Waals surface area (Å²) < 4.78 is 22.5. The van der Waals surface area contributed by atoms with Gasteiger partial charge in [-0.05, 0) is 36.7 Å². The molecule has 2 atom stereocenters. The van der Waals surface area contributed by atoms with Crippen LogP contribution in [0.4, 0.5) is 4.39 Å². The third-order valence-electron chi connectivity index (χ3n) is 5.64. The molecule has 1 aromatic heterocycles. The maximum atomic E-state index is 14.9. The molecule has 3 aromatic rings. The molecule has 1 aliphatic rings. The van der Waals surface area contributed by atoms with E-state index >= 15 is 0 Å². The molecular formula is C24H25FN4O2. The van der Waals surface area contributed by atoms with Gasteiger partial charge in [-0.15, -0.1) is 0 Å². The molecule has 4 rings (SSSR count). The number of aromatic nitrogens is 1. The van der Waals surface area contributed by atoms with Crippen LogP contribution in [0.5, 0.6) is 0 Å². The molecule has 1 aliphatic heterocycles. The largest absolute Gasteiger partial charge is 0.367 e. The molecule has 0 radical (unpaired) electrons. The van der Waals surface area contributed by atoms with Gasteiger partial charge in [0.15, 0.2) is 0 Å². The number of aryl methyl sites for hydroxylation is 1. The van der Waals surface area contributed by atoms with Crippen LogP contribution >= 0.6 is 0 Å². The highest BCUT2D eigenvalue weighted by atomic mass is 19.1. The maximum absolute atomic E-state index is 14.9. The smallest absolute Gasteiger partial charge is 0.251 e. The van der Waals surface area contributed by atoms with Crippen molar-refractivity contribution in [2.75, 3.05) is 19.7 Å². The lowest BCUT2D eigenvalue weighted by Crippen LogP contribution is -2.46. The summed E-state index contributed by atoms with van der Waals surface area (Å²) in [5.74, 6) is -0.752. The summed E-state index contributed by atoms with van der Waals surface area (Å²) in [6, 6.07) is 16.3. The first kappa shape index (κ1) is 21.0. The van der Waals surface area contributed by atoms with E-state index in [1.807, 2.05) is 48.0 Å². The molecule has 1 amide bonds. The number of hydrogen-bond acceptors (Lipinski definition) is 4. The van der Waals surface area contributed by atoms with Crippen LogP contribution in [0.2, 0.25) is 0 Å². The Morgan fingerprint density at radius 2 is 2.19 bits per heavy atom. The fourth-order valence-electron chi connectivity index (χ4n) is 3.93. The molecule has 2 N–H and O–H groups in total. The zero-order chi connectivity index (χ0) is 21.8. The van der Waals surface area contributed by atoms with E-state index < -0.39 is 18.0 Å². The van der Waals surface area contributed by atoms with Crippen LogP contribution in [0.15, 0.2) is 48.5 Å². The number of rotatable bonds is 5. The van der Waals surface area contributed by atoms with E-state index in [1.165, 1.54) is 6.07 Å². The first-order valence-electron chi connectivity index (χ1n) is 10.4. The average Bonchev–Trinajstić information content (AvgIpc) is 2.95. The third kappa shape index (κ3) is 4.61. The van der Waals surface area contributed by atoms with Gasteiger partial charge < -0.3 is 19.9 Å². The second kappa shape index (κ2) is 9.29. The summed E-state index contributed by atoms with van der Waals surface area (Å²) in [6.07, 6.45) is 0.278. The van der Waals surface area contributed by atoms with E-state index in [4.69, 9.17) is 4.74 Å². The molecule has 0 saturated carbocycles. The lowest BCUT2D eigenvalue weighted by Gasteiger charge is -2.18. The summed E-state index contributed by atoms with van der Waals surface area (Å²) in [6.45, 7) is 1.68. The van der Waals surface area contributed by atoms with Crippen molar-refractivity contribution in [3.63, 3.8) is 0 Å². The number of halogens is 1. The topological polar surface area (TPSA) is 79.1 Å². The van der Waals surface area contributed by atoms with Crippen LogP contribution in [-0.4, -0.2) is 42.3 Å². The van der Waals surface area contributed by atoms with Crippen LogP contribution in [0.25, 0.3) is 22.2 Å². The number of benzene rings is 2. The van der Waals surface area contributed by atoms with Crippen LogP contribution in [0.3, 0.4) is 0 Å². The van der Waals surface area contributed by atoms with Gasteiger partial charge in [0.1, 0.15) is 18.0 Å². The van der Waals surface area contributed by atoms with E-state index in [9.17, 15) is 14.4 Å². The molecule has 31 heavy (non-hydrogen) atoms. The van der Waals surface area contributed by atoms with Gasteiger partial charge in [0.25, 0.3) is 5.91 Å². The highest BCUT2D eigenvalue weighted by molar-refractivity contribution is 5.87. The molecule has 2 heterocycles. The summed E-state index contributed by atoms with van der Waals surface area (Å²) >= 11 is 0. The number of amides is 1. The Hall–Kier alpha value is -3.21. The Bertz CT molecular complexity index is 1130. The number of hydrogen-bond donors (Lipinski definition) is 2. The number of nitrogens with one attached hydrogen (secondary N) is 2. The maximum Gasteiger partial charge on any atom is 0.251 e. The Balaban J connectivity index is 1.48. The highest BCUT2D eigenvalue weighted by Crippen LogP contribution is 2.28. The van der Waals surface area contributed by atoms with Crippen molar-refractivity contribution >= 4 is 16.8 Å². The monoisotopic (exact) mass is 420 g/mol. The number of ether oxygens (including phenoxy) is 1. The number of para-hydroxylation sites is 1. The van der Waals surface area contributed by atoms with Crippen molar-refractivity contribution < 1.29 is 13.9 Å². The number of nitrogens with zero attached hydrogens (tertiary/aromatic N) is 2. The first-order chi connectivity index (χ1) is 15.1. The second-order valence-electron chi connectivity index (χ2n) is 7.77. The number of fused-ring (bicyclic) bond motifs is 1. The summed E-state index contributed by atoms with van der Waals surface area (Å²) in [5.41, 5.74) is 3.13. The zero-order valence-electron chi connectivity index (χ0n) is 17.4. The highest BCUT2D eigenvalue weighted by Gasteiger charge is 2.24. The van der Waals surface area contributed by atoms with Crippen molar-refractivity contribution in [1.29, 1.82) is 5.26 Å². The Morgan fingerprint density at radius 3 is 2.97 bits per heavy atom. The van der Waals surface area contributed by atoms with Gasteiger partial charge in [-0.2, -0.15) is 5.26 Å². The summed E-state index contributed by atoms with van der Waals surface area (Å²) in [7, 11) is 1.95. The normalized spacial score (nSPS) is 17.6. The van der Waals surface area contributed by atoms with Crippen LogP contribution < -0.4 is 10.6 Å². The molecule has 0 bridgehead atoms. The molecule has 0 spiro atoms.